The van der Waals surface area contributed by atoms with Crippen molar-refractivity contribution in [3.8, 4) is 0 Å². The van der Waals surface area contributed by atoms with Crippen molar-refractivity contribution in [2.45, 2.75) is 32.8 Å². The first-order chi connectivity index (χ1) is 7.72. The van der Waals surface area contributed by atoms with E-state index in [4.69, 9.17) is 5.11 Å². The van der Waals surface area contributed by atoms with Crippen LogP contribution in [0.1, 0.15) is 26.7 Å². The second kappa shape index (κ2) is 7.06. The van der Waals surface area contributed by atoms with Gasteiger partial charge in [0.25, 0.3) is 0 Å². The molecule has 0 aliphatic rings. The van der Waals surface area contributed by atoms with Crippen molar-refractivity contribution in [1.82, 2.24) is 4.98 Å². The Bertz CT molecular complexity index is 302. The molecule has 4 heteroatoms. The molecule has 1 heterocycles. The fourth-order valence-electron chi connectivity index (χ4n) is 1.43. The standard InChI is InChI=1S/C12H21N3O/c1-3-13-11-7-4-8-12(15-11)14-9-5-6-10(2)16/h4,7-8,10,16H,3,5-6,9H2,1-2H3,(H2,13,14,15). The van der Waals surface area contributed by atoms with E-state index < -0.39 is 0 Å². The van der Waals surface area contributed by atoms with Gasteiger partial charge in [-0.15, -0.1) is 0 Å². The summed E-state index contributed by atoms with van der Waals surface area (Å²) in [5.41, 5.74) is 0. The Hall–Kier alpha value is -1.29. The number of anilines is 2. The molecule has 1 unspecified atom stereocenters. The molecule has 3 N–H and O–H groups in total. The van der Waals surface area contributed by atoms with Crippen molar-refractivity contribution in [3.05, 3.63) is 18.2 Å². The van der Waals surface area contributed by atoms with E-state index in [-0.39, 0.29) is 6.10 Å². The van der Waals surface area contributed by atoms with Crippen molar-refractivity contribution in [2.24, 2.45) is 0 Å². The Morgan fingerprint density at radius 2 is 2.00 bits per heavy atom. The predicted molar refractivity (Wildman–Crippen MR) is 67.8 cm³/mol. The highest BCUT2D eigenvalue weighted by molar-refractivity contribution is 5.44. The Morgan fingerprint density at radius 1 is 1.31 bits per heavy atom. The second-order valence-electron chi connectivity index (χ2n) is 3.86. The number of nitrogens with zero attached hydrogens (tertiary/aromatic N) is 1. The summed E-state index contributed by atoms with van der Waals surface area (Å²) >= 11 is 0. The number of nitrogens with one attached hydrogen (secondary N) is 2. The lowest BCUT2D eigenvalue weighted by atomic mass is 10.2. The van der Waals surface area contributed by atoms with Gasteiger partial charge >= 0.3 is 0 Å². The van der Waals surface area contributed by atoms with Gasteiger partial charge in [-0.2, -0.15) is 0 Å². The van der Waals surface area contributed by atoms with E-state index in [1.807, 2.05) is 32.0 Å². The summed E-state index contributed by atoms with van der Waals surface area (Å²) in [6.45, 7) is 5.57. The van der Waals surface area contributed by atoms with Crippen LogP contribution >= 0.6 is 0 Å². The van der Waals surface area contributed by atoms with Crippen molar-refractivity contribution in [1.29, 1.82) is 0 Å². The van der Waals surface area contributed by atoms with Gasteiger partial charge < -0.3 is 15.7 Å². The Kier molecular flexibility index (Phi) is 5.64. The number of aromatic nitrogens is 1. The summed E-state index contributed by atoms with van der Waals surface area (Å²) in [6, 6.07) is 5.87. The number of hydrogen-bond acceptors (Lipinski definition) is 4. The molecule has 1 aromatic rings. The zero-order valence-corrected chi connectivity index (χ0v) is 10.0. The summed E-state index contributed by atoms with van der Waals surface area (Å²) in [7, 11) is 0. The third-order valence-corrected chi connectivity index (χ3v) is 2.21. The zero-order chi connectivity index (χ0) is 11.8. The Morgan fingerprint density at radius 3 is 2.62 bits per heavy atom. The molecule has 0 fully saturated rings. The first-order valence-electron chi connectivity index (χ1n) is 5.85. The minimum absolute atomic E-state index is 0.220. The lowest BCUT2D eigenvalue weighted by molar-refractivity contribution is 0.183. The first kappa shape index (κ1) is 12.8. The average Bonchev–Trinajstić information content (AvgIpc) is 2.25. The van der Waals surface area contributed by atoms with Gasteiger partial charge in [-0.05, 0) is 38.8 Å². The van der Waals surface area contributed by atoms with E-state index in [0.29, 0.717) is 0 Å². The van der Waals surface area contributed by atoms with Gasteiger partial charge in [0.05, 0.1) is 6.10 Å². The molecular weight excluding hydrogens is 202 g/mol. The third kappa shape index (κ3) is 4.98. The maximum Gasteiger partial charge on any atom is 0.128 e. The Balaban J connectivity index is 2.33. The normalized spacial score (nSPS) is 12.2. The fraction of sp³-hybridized carbons (Fsp3) is 0.583. The molecule has 0 saturated heterocycles. The van der Waals surface area contributed by atoms with Crippen LogP contribution in [0, 0.1) is 0 Å². The van der Waals surface area contributed by atoms with Gasteiger partial charge in [-0.3, -0.25) is 0 Å². The van der Waals surface area contributed by atoms with Gasteiger partial charge in [0.2, 0.25) is 0 Å². The van der Waals surface area contributed by atoms with Crippen molar-refractivity contribution in [3.63, 3.8) is 0 Å². The monoisotopic (exact) mass is 223 g/mol. The van der Waals surface area contributed by atoms with Crippen LogP contribution in [0.5, 0.6) is 0 Å². The maximum absolute atomic E-state index is 9.11. The third-order valence-electron chi connectivity index (χ3n) is 2.21. The van der Waals surface area contributed by atoms with E-state index >= 15 is 0 Å². The molecule has 0 aromatic carbocycles. The highest BCUT2D eigenvalue weighted by atomic mass is 16.3. The van der Waals surface area contributed by atoms with Crippen LogP contribution in [0.25, 0.3) is 0 Å². The quantitative estimate of drug-likeness (QED) is 0.619. The maximum atomic E-state index is 9.11. The number of hydrogen-bond donors (Lipinski definition) is 3. The van der Waals surface area contributed by atoms with Crippen molar-refractivity contribution < 1.29 is 5.11 Å². The van der Waals surface area contributed by atoms with Crippen LogP contribution in [0.2, 0.25) is 0 Å². The highest BCUT2D eigenvalue weighted by Gasteiger charge is 1.97. The van der Waals surface area contributed by atoms with Gasteiger partial charge in [0.15, 0.2) is 0 Å². The lowest BCUT2D eigenvalue weighted by Crippen LogP contribution is -2.08. The smallest absolute Gasteiger partial charge is 0.128 e. The summed E-state index contributed by atoms with van der Waals surface area (Å²) < 4.78 is 0. The minimum atomic E-state index is -0.220. The molecule has 1 atom stereocenters. The van der Waals surface area contributed by atoms with Crippen molar-refractivity contribution >= 4 is 11.6 Å². The molecule has 16 heavy (non-hydrogen) atoms. The fourth-order valence-corrected chi connectivity index (χ4v) is 1.43. The second-order valence-corrected chi connectivity index (χ2v) is 3.86. The summed E-state index contributed by atoms with van der Waals surface area (Å²) in [4.78, 5) is 4.39. The largest absolute Gasteiger partial charge is 0.393 e. The molecule has 0 aliphatic heterocycles. The van der Waals surface area contributed by atoms with Gasteiger partial charge in [0.1, 0.15) is 11.6 Å². The van der Waals surface area contributed by atoms with Crippen LogP contribution in [0.15, 0.2) is 18.2 Å². The molecule has 1 aromatic heterocycles. The molecular formula is C12H21N3O. The molecule has 0 spiro atoms. The molecule has 0 amide bonds. The summed E-state index contributed by atoms with van der Waals surface area (Å²) in [5.74, 6) is 1.77. The summed E-state index contributed by atoms with van der Waals surface area (Å²) in [6.07, 6.45) is 1.55. The van der Waals surface area contributed by atoms with Gasteiger partial charge in [-0.25, -0.2) is 4.98 Å². The van der Waals surface area contributed by atoms with Gasteiger partial charge in [0, 0.05) is 13.1 Å². The summed E-state index contributed by atoms with van der Waals surface area (Å²) in [5, 5.41) is 15.5. The molecule has 0 saturated carbocycles. The Labute approximate surface area is 97.1 Å². The van der Waals surface area contributed by atoms with Crippen LogP contribution in [-0.4, -0.2) is 29.3 Å². The number of pyridine rings is 1. The SMILES string of the molecule is CCNc1cccc(NCCCC(C)O)n1. The predicted octanol–water partition coefficient (Wildman–Crippen LogP) is 2.09. The molecule has 4 nitrogen and oxygen atoms in total. The molecule has 0 aliphatic carbocycles. The molecule has 1 rings (SSSR count). The first-order valence-corrected chi connectivity index (χ1v) is 5.85. The minimum Gasteiger partial charge on any atom is -0.393 e. The number of rotatable bonds is 7. The zero-order valence-electron chi connectivity index (χ0n) is 10.0. The van der Waals surface area contributed by atoms with E-state index in [2.05, 4.69) is 15.6 Å². The number of aliphatic hydroxyl groups excluding tert-OH is 1. The van der Waals surface area contributed by atoms with Gasteiger partial charge in [-0.1, -0.05) is 6.07 Å². The highest BCUT2D eigenvalue weighted by Crippen LogP contribution is 2.09. The van der Waals surface area contributed by atoms with E-state index in [1.165, 1.54) is 0 Å². The van der Waals surface area contributed by atoms with Crippen LogP contribution < -0.4 is 10.6 Å². The lowest BCUT2D eigenvalue weighted by Gasteiger charge is -2.08. The van der Waals surface area contributed by atoms with Crippen LogP contribution in [-0.2, 0) is 0 Å². The topological polar surface area (TPSA) is 57.2 Å². The van der Waals surface area contributed by atoms with E-state index in [9.17, 15) is 0 Å². The number of aliphatic hydroxyl groups is 1. The van der Waals surface area contributed by atoms with Crippen LogP contribution in [0.4, 0.5) is 11.6 Å². The molecule has 0 radical (unpaired) electrons. The van der Waals surface area contributed by atoms with E-state index in [0.717, 1.165) is 37.6 Å². The average molecular weight is 223 g/mol. The molecule has 90 valence electrons. The van der Waals surface area contributed by atoms with Crippen molar-refractivity contribution in [2.75, 3.05) is 23.7 Å². The molecule has 0 bridgehead atoms. The van der Waals surface area contributed by atoms with Crippen LogP contribution in [0.3, 0.4) is 0 Å². The van der Waals surface area contributed by atoms with E-state index in [1.54, 1.807) is 0 Å².